The van der Waals surface area contributed by atoms with E-state index in [4.69, 9.17) is 4.74 Å². The molecule has 1 aliphatic rings. The van der Waals surface area contributed by atoms with E-state index in [0.717, 1.165) is 37.6 Å². The van der Waals surface area contributed by atoms with Crippen LogP contribution in [0.4, 0.5) is 0 Å². The molecule has 1 aromatic carbocycles. The lowest BCUT2D eigenvalue weighted by Gasteiger charge is -2.42. The van der Waals surface area contributed by atoms with Crippen molar-refractivity contribution in [2.45, 2.75) is 46.1 Å². The average Bonchev–Trinajstić information content (AvgIpc) is 2.69. The normalized spacial score (nSPS) is 15.6. The second-order valence-electron chi connectivity index (χ2n) is 7.54. The summed E-state index contributed by atoms with van der Waals surface area (Å²) >= 11 is 0. The summed E-state index contributed by atoms with van der Waals surface area (Å²) in [6.07, 6.45) is 4.79. The van der Waals surface area contributed by atoms with Gasteiger partial charge in [-0.3, -0.25) is 4.79 Å². The van der Waals surface area contributed by atoms with Gasteiger partial charge in [-0.05, 0) is 44.1 Å². The molecule has 0 unspecified atom stereocenters. The predicted octanol–water partition coefficient (Wildman–Crippen LogP) is 2.80. The fourth-order valence-corrected chi connectivity index (χ4v) is 3.55. The Balaban J connectivity index is 1.90. The largest absolute Gasteiger partial charge is 0.385 e. The predicted molar refractivity (Wildman–Crippen MR) is 114 cm³/mol. The number of carbonyl (C=O) groups is 1. The highest BCUT2D eigenvalue weighted by Gasteiger charge is 2.36. The van der Waals surface area contributed by atoms with Gasteiger partial charge in [0, 0.05) is 39.9 Å². The number of likely N-dealkylation sites (N-methyl/N-ethyl adjacent to an activating group) is 1. The molecular formula is C22H36N4O2. The van der Waals surface area contributed by atoms with Crippen LogP contribution in [0.15, 0.2) is 35.3 Å². The summed E-state index contributed by atoms with van der Waals surface area (Å²) in [4.78, 5) is 19.0. The van der Waals surface area contributed by atoms with E-state index in [9.17, 15) is 4.79 Å². The monoisotopic (exact) mass is 388 g/mol. The van der Waals surface area contributed by atoms with Crippen LogP contribution in [0.1, 0.15) is 45.1 Å². The first-order chi connectivity index (χ1) is 13.6. The maximum Gasteiger partial charge on any atom is 0.244 e. The van der Waals surface area contributed by atoms with Crippen LogP contribution in [0.25, 0.3) is 0 Å². The maximum atomic E-state index is 12.6. The molecule has 28 heavy (non-hydrogen) atoms. The average molecular weight is 389 g/mol. The number of ether oxygens (including phenoxy) is 1. The van der Waals surface area contributed by atoms with Gasteiger partial charge in [0.05, 0.1) is 0 Å². The minimum atomic E-state index is 0.0429. The van der Waals surface area contributed by atoms with Crippen molar-refractivity contribution in [1.82, 2.24) is 15.5 Å². The van der Waals surface area contributed by atoms with Gasteiger partial charge in [-0.15, -0.1) is 0 Å². The van der Waals surface area contributed by atoms with Crippen LogP contribution in [0.5, 0.6) is 0 Å². The third-order valence-corrected chi connectivity index (χ3v) is 5.55. The SMILES string of the molecule is CCNC(=NCC(=O)N(CC)Cc1ccccc1)NCC1(CCOC)CCC1. The van der Waals surface area contributed by atoms with Gasteiger partial charge in [-0.25, -0.2) is 4.99 Å². The van der Waals surface area contributed by atoms with E-state index in [1.54, 1.807) is 7.11 Å². The topological polar surface area (TPSA) is 66.0 Å². The molecule has 0 saturated heterocycles. The minimum absolute atomic E-state index is 0.0429. The Hall–Kier alpha value is -2.08. The molecular weight excluding hydrogens is 352 g/mol. The van der Waals surface area contributed by atoms with Crippen LogP contribution in [-0.4, -0.2) is 56.7 Å². The molecule has 0 atom stereocenters. The van der Waals surface area contributed by atoms with Gasteiger partial charge < -0.3 is 20.3 Å². The zero-order valence-electron chi connectivity index (χ0n) is 17.7. The van der Waals surface area contributed by atoms with Crippen molar-refractivity contribution >= 4 is 11.9 Å². The lowest BCUT2D eigenvalue weighted by molar-refractivity contribution is -0.130. The van der Waals surface area contributed by atoms with E-state index < -0.39 is 0 Å². The fraction of sp³-hybridized carbons (Fsp3) is 0.636. The third kappa shape index (κ3) is 6.82. The van der Waals surface area contributed by atoms with Gasteiger partial charge in [-0.2, -0.15) is 0 Å². The second-order valence-corrected chi connectivity index (χ2v) is 7.54. The number of nitrogens with one attached hydrogen (secondary N) is 2. The molecule has 1 saturated carbocycles. The Bertz CT molecular complexity index is 614. The molecule has 6 nitrogen and oxygen atoms in total. The molecule has 0 spiro atoms. The first-order valence-electron chi connectivity index (χ1n) is 10.5. The number of hydrogen-bond donors (Lipinski definition) is 2. The molecule has 2 N–H and O–H groups in total. The first-order valence-corrected chi connectivity index (χ1v) is 10.5. The summed E-state index contributed by atoms with van der Waals surface area (Å²) in [5, 5.41) is 6.71. The number of hydrogen-bond acceptors (Lipinski definition) is 3. The Morgan fingerprint density at radius 3 is 2.54 bits per heavy atom. The molecule has 0 radical (unpaired) electrons. The van der Waals surface area contributed by atoms with Gasteiger partial charge in [0.1, 0.15) is 6.54 Å². The Kier molecular flexibility index (Phi) is 9.28. The van der Waals surface area contributed by atoms with Crippen LogP contribution in [0.3, 0.4) is 0 Å². The van der Waals surface area contributed by atoms with E-state index in [1.165, 1.54) is 19.3 Å². The number of aliphatic imine (C=N–C) groups is 1. The van der Waals surface area contributed by atoms with E-state index >= 15 is 0 Å². The number of nitrogens with zero attached hydrogens (tertiary/aromatic N) is 2. The smallest absolute Gasteiger partial charge is 0.244 e. The summed E-state index contributed by atoms with van der Waals surface area (Å²) in [5.41, 5.74) is 1.44. The quantitative estimate of drug-likeness (QED) is 0.452. The highest BCUT2D eigenvalue weighted by molar-refractivity contribution is 5.85. The number of amides is 1. The number of methoxy groups -OCH3 is 1. The van der Waals surface area contributed by atoms with Gasteiger partial charge >= 0.3 is 0 Å². The Morgan fingerprint density at radius 2 is 1.96 bits per heavy atom. The van der Waals surface area contributed by atoms with Crippen LogP contribution < -0.4 is 10.6 Å². The summed E-state index contributed by atoms with van der Waals surface area (Å²) in [6.45, 7) is 7.93. The molecule has 1 fully saturated rings. The number of guanidine groups is 1. The van der Waals surface area contributed by atoms with Gasteiger partial charge in [0.2, 0.25) is 5.91 Å². The second kappa shape index (κ2) is 11.7. The minimum Gasteiger partial charge on any atom is -0.385 e. The van der Waals surface area contributed by atoms with Crippen LogP contribution >= 0.6 is 0 Å². The molecule has 1 amide bonds. The van der Waals surface area contributed by atoms with Crippen molar-refractivity contribution < 1.29 is 9.53 Å². The van der Waals surface area contributed by atoms with Crippen molar-refractivity contribution in [3.63, 3.8) is 0 Å². The molecule has 0 aromatic heterocycles. The van der Waals surface area contributed by atoms with Crippen LogP contribution in [0, 0.1) is 5.41 Å². The molecule has 1 aliphatic carbocycles. The maximum absolute atomic E-state index is 12.6. The van der Waals surface area contributed by atoms with E-state index in [1.807, 2.05) is 49.1 Å². The van der Waals surface area contributed by atoms with E-state index in [0.29, 0.717) is 18.5 Å². The van der Waals surface area contributed by atoms with Crippen molar-refractivity contribution in [3.8, 4) is 0 Å². The Labute approximate surface area is 169 Å². The molecule has 156 valence electrons. The third-order valence-electron chi connectivity index (χ3n) is 5.55. The van der Waals surface area contributed by atoms with Gasteiger partial charge in [0.25, 0.3) is 0 Å². The van der Waals surface area contributed by atoms with E-state index in [2.05, 4.69) is 15.6 Å². The summed E-state index contributed by atoms with van der Waals surface area (Å²) in [5.74, 6) is 0.761. The molecule has 0 heterocycles. The zero-order chi connectivity index (χ0) is 20.2. The molecule has 2 rings (SSSR count). The molecule has 0 aliphatic heterocycles. The lowest BCUT2D eigenvalue weighted by Crippen LogP contribution is -2.47. The Morgan fingerprint density at radius 1 is 1.21 bits per heavy atom. The highest BCUT2D eigenvalue weighted by atomic mass is 16.5. The first kappa shape index (κ1) is 22.2. The zero-order valence-corrected chi connectivity index (χ0v) is 17.7. The molecule has 0 bridgehead atoms. The van der Waals surface area contributed by atoms with Crippen molar-refractivity contribution in [3.05, 3.63) is 35.9 Å². The number of rotatable bonds is 11. The van der Waals surface area contributed by atoms with E-state index in [-0.39, 0.29) is 12.5 Å². The molecule has 6 heteroatoms. The van der Waals surface area contributed by atoms with Crippen molar-refractivity contribution in [2.24, 2.45) is 10.4 Å². The van der Waals surface area contributed by atoms with Crippen LogP contribution in [-0.2, 0) is 16.1 Å². The fourth-order valence-electron chi connectivity index (χ4n) is 3.55. The lowest BCUT2D eigenvalue weighted by atomic mass is 9.67. The van der Waals surface area contributed by atoms with Gasteiger partial charge in [0.15, 0.2) is 5.96 Å². The van der Waals surface area contributed by atoms with Gasteiger partial charge in [-0.1, -0.05) is 36.8 Å². The standard InChI is InChI=1S/C22H36N4O2/c1-4-23-21(25-18-22(12-9-13-22)14-15-28-3)24-16-20(27)26(5-2)17-19-10-7-6-8-11-19/h6-8,10-11H,4-5,9,12-18H2,1-3H3,(H2,23,24,25). The number of benzene rings is 1. The van der Waals surface area contributed by atoms with Crippen molar-refractivity contribution in [2.75, 3.05) is 39.9 Å². The number of carbonyl (C=O) groups excluding carboxylic acids is 1. The molecule has 1 aromatic rings. The summed E-state index contributed by atoms with van der Waals surface area (Å²) in [7, 11) is 1.76. The summed E-state index contributed by atoms with van der Waals surface area (Å²) in [6, 6.07) is 10.1. The van der Waals surface area contributed by atoms with Crippen LogP contribution in [0.2, 0.25) is 0 Å². The highest BCUT2D eigenvalue weighted by Crippen LogP contribution is 2.43. The summed E-state index contributed by atoms with van der Waals surface area (Å²) < 4.78 is 5.27. The van der Waals surface area contributed by atoms with Crippen molar-refractivity contribution in [1.29, 1.82) is 0 Å².